The van der Waals surface area contributed by atoms with Crippen LogP contribution in [0.25, 0.3) is 0 Å². The summed E-state index contributed by atoms with van der Waals surface area (Å²) in [6.07, 6.45) is 0. The van der Waals surface area contributed by atoms with Gasteiger partial charge >= 0.3 is 5.69 Å². The fourth-order valence-electron chi connectivity index (χ4n) is 3.37. The number of carbonyl (C=O) groups excluding carboxylic acids is 1. The molecule has 1 saturated heterocycles. The summed E-state index contributed by atoms with van der Waals surface area (Å²) in [6.45, 7) is 4.33. The van der Waals surface area contributed by atoms with Crippen molar-refractivity contribution in [3.05, 3.63) is 67.5 Å². The van der Waals surface area contributed by atoms with Crippen LogP contribution in [0.1, 0.15) is 12.5 Å². The van der Waals surface area contributed by atoms with Crippen LogP contribution >= 0.6 is 22.6 Å². The molecule has 3 rings (SSSR count). The van der Waals surface area contributed by atoms with E-state index in [9.17, 15) is 19.3 Å². The highest BCUT2D eigenvalue weighted by atomic mass is 127. The van der Waals surface area contributed by atoms with Crippen LogP contribution in [0.2, 0.25) is 0 Å². The Hall–Kier alpha value is -2.27. The summed E-state index contributed by atoms with van der Waals surface area (Å²) < 4.78 is 19.2. The molecule has 1 fully saturated rings. The maximum absolute atomic E-state index is 13.0. The summed E-state index contributed by atoms with van der Waals surface area (Å²) in [6, 6.07) is 11.0. The molecule has 29 heavy (non-hydrogen) atoms. The molecule has 2 aromatic carbocycles. The van der Waals surface area contributed by atoms with Crippen LogP contribution < -0.4 is 4.74 Å². The highest BCUT2D eigenvalue weighted by Gasteiger charge is 2.28. The molecule has 0 radical (unpaired) electrons. The van der Waals surface area contributed by atoms with E-state index in [0.29, 0.717) is 26.2 Å². The number of hydrogen-bond donors (Lipinski definition) is 0. The number of benzene rings is 2. The van der Waals surface area contributed by atoms with Crippen molar-refractivity contribution in [2.24, 2.45) is 0 Å². The quantitative estimate of drug-likeness (QED) is 0.336. The minimum atomic E-state index is -0.515. The van der Waals surface area contributed by atoms with E-state index in [1.807, 2.05) is 29.5 Å². The van der Waals surface area contributed by atoms with Crippen molar-refractivity contribution >= 4 is 34.2 Å². The number of nitro benzene ring substituents is 1. The van der Waals surface area contributed by atoms with Crippen LogP contribution in [0.15, 0.2) is 42.5 Å². The monoisotopic (exact) mass is 513 g/mol. The summed E-state index contributed by atoms with van der Waals surface area (Å²) in [4.78, 5) is 27.2. The maximum atomic E-state index is 13.0. The highest BCUT2D eigenvalue weighted by molar-refractivity contribution is 14.1. The molecule has 0 unspecified atom stereocenters. The number of halogens is 2. The lowest BCUT2D eigenvalue weighted by molar-refractivity contribution is -0.385. The Bertz CT molecular complexity index is 894. The second-order valence-corrected chi connectivity index (χ2v) is 8.20. The number of ether oxygens (including phenoxy) is 1. The molecule has 0 aliphatic carbocycles. The zero-order valence-electron chi connectivity index (χ0n) is 15.9. The van der Waals surface area contributed by atoms with Gasteiger partial charge in [0.05, 0.1) is 4.92 Å². The lowest BCUT2D eigenvalue weighted by Crippen LogP contribution is -2.54. The molecule has 1 aliphatic heterocycles. The first-order valence-corrected chi connectivity index (χ1v) is 10.2. The molecule has 0 bridgehead atoms. The van der Waals surface area contributed by atoms with Gasteiger partial charge < -0.3 is 9.64 Å². The molecule has 1 atom stereocenters. The molecule has 0 aromatic heterocycles. The van der Waals surface area contributed by atoms with E-state index < -0.39 is 4.92 Å². The summed E-state index contributed by atoms with van der Waals surface area (Å²) in [5.41, 5.74) is 0.870. The van der Waals surface area contributed by atoms with Crippen LogP contribution in [-0.2, 0) is 11.3 Å². The van der Waals surface area contributed by atoms with Gasteiger partial charge in [-0.1, -0.05) is 12.1 Å². The third kappa shape index (κ3) is 5.63. The van der Waals surface area contributed by atoms with Gasteiger partial charge in [-0.2, -0.15) is 0 Å². The minimum Gasteiger partial charge on any atom is -0.477 e. The average Bonchev–Trinajstić information content (AvgIpc) is 2.68. The van der Waals surface area contributed by atoms with Gasteiger partial charge in [0.15, 0.2) is 12.4 Å². The van der Waals surface area contributed by atoms with Crippen molar-refractivity contribution in [2.75, 3.05) is 26.2 Å². The fourth-order valence-corrected chi connectivity index (χ4v) is 3.85. The number of nitrogens with zero attached hydrogens (tertiary/aromatic N) is 3. The lowest BCUT2D eigenvalue weighted by atomic mass is 10.1. The van der Waals surface area contributed by atoms with Gasteiger partial charge in [0.25, 0.3) is 5.91 Å². The first-order valence-electron chi connectivity index (χ1n) is 9.16. The van der Waals surface area contributed by atoms with Crippen LogP contribution in [0.3, 0.4) is 0 Å². The first-order chi connectivity index (χ1) is 13.8. The standard InChI is InChI=1S/C20H21FIN3O4/c1-14-11-23(12-15-2-4-16(21)5-3-15)8-9-24(14)20(26)13-29-19-7-6-17(22)10-18(19)25(27)28/h2-7,10,14H,8-9,11-13H2,1H3/t14-/m1/s1. The SMILES string of the molecule is C[C@@H]1CN(Cc2ccc(F)cc2)CCN1C(=O)COc1ccc(I)cc1[N+](=O)[O-]. The minimum absolute atomic E-state index is 0.0213. The van der Waals surface area contributed by atoms with E-state index in [4.69, 9.17) is 4.74 Å². The zero-order chi connectivity index (χ0) is 21.0. The predicted octanol–water partition coefficient (Wildman–Crippen LogP) is 3.45. The molecule has 0 N–H and O–H groups in total. The highest BCUT2D eigenvalue weighted by Crippen LogP contribution is 2.28. The summed E-state index contributed by atoms with van der Waals surface area (Å²) in [5.74, 6) is -0.371. The number of amides is 1. The maximum Gasteiger partial charge on any atom is 0.311 e. The normalized spacial score (nSPS) is 17.2. The summed E-state index contributed by atoms with van der Waals surface area (Å²) in [7, 11) is 0. The predicted molar refractivity (Wildman–Crippen MR) is 114 cm³/mol. The second-order valence-electron chi connectivity index (χ2n) is 6.96. The van der Waals surface area contributed by atoms with Crippen LogP contribution in [0, 0.1) is 19.5 Å². The van der Waals surface area contributed by atoms with Gasteiger partial charge in [0, 0.05) is 41.9 Å². The smallest absolute Gasteiger partial charge is 0.311 e. The summed E-state index contributed by atoms with van der Waals surface area (Å²) in [5, 5.41) is 11.2. The molecule has 9 heteroatoms. The Morgan fingerprint density at radius 3 is 2.66 bits per heavy atom. The Morgan fingerprint density at radius 2 is 2.00 bits per heavy atom. The van der Waals surface area contributed by atoms with E-state index in [2.05, 4.69) is 4.90 Å². The molecule has 0 spiro atoms. The van der Waals surface area contributed by atoms with Gasteiger partial charge in [-0.3, -0.25) is 19.8 Å². The molecular weight excluding hydrogens is 492 g/mol. The van der Waals surface area contributed by atoms with Crippen molar-refractivity contribution in [1.82, 2.24) is 9.80 Å². The number of rotatable bonds is 6. The molecular formula is C20H21FIN3O4. The average molecular weight is 513 g/mol. The van der Waals surface area contributed by atoms with Crippen LogP contribution in [0.5, 0.6) is 5.75 Å². The fraction of sp³-hybridized carbons (Fsp3) is 0.350. The summed E-state index contributed by atoms with van der Waals surface area (Å²) >= 11 is 1.99. The van der Waals surface area contributed by atoms with Gasteiger partial charge in [-0.25, -0.2) is 4.39 Å². The van der Waals surface area contributed by atoms with Gasteiger partial charge in [0.1, 0.15) is 5.82 Å². The first kappa shape index (κ1) is 21.4. The molecule has 0 saturated carbocycles. The van der Waals surface area contributed by atoms with Gasteiger partial charge in [0.2, 0.25) is 0 Å². The Balaban J connectivity index is 1.55. The molecule has 1 heterocycles. The van der Waals surface area contributed by atoms with Crippen molar-refractivity contribution in [3.8, 4) is 5.75 Å². The topological polar surface area (TPSA) is 75.9 Å². The van der Waals surface area contributed by atoms with Crippen molar-refractivity contribution in [1.29, 1.82) is 0 Å². The number of piperazine rings is 1. The van der Waals surface area contributed by atoms with Crippen molar-refractivity contribution in [3.63, 3.8) is 0 Å². The van der Waals surface area contributed by atoms with Gasteiger partial charge in [-0.05, 0) is 59.3 Å². The number of carbonyl (C=O) groups is 1. The third-order valence-corrected chi connectivity index (χ3v) is 5.49. The largest absolute Gasteiger partial charge is 0.477 e. The third-order valence-electron chi connectivity index (χ3n) is 4.82. The Morgan fingerprint density at radius 1 is 1.28 bits per heavy atom. The second kappa shape index (κ2) is 9.49. The van der Waals surface area contributed by atoms with Crippen molar-refractivity contribution < 1.29 is 18.8 Å². The van der Waals surface area contributed by atoms with E-state index in [-0.39, 0.29) is 35.8 Å². The molecule has 1 amide bonds. The molecule has 154 valence electrons. The molecule has 2 aromatic rings. The number of hydrogen-bond acceptors (Lipinski definition) is 5. The Kier molecular flexibility index (Phi) is 7.01. The number of nitro groups is 1. The molecule has 7 nitrogen and oxygen atoms in total. The Labute approximate surface area is 181 Å². The van der Waals surface area contributed by atoms with E-state index in [1.165, 1.54) is 24.3 Å². The van der Waals surface area contributed by atoms with Crippen LogP contribution in [0.4, 0.5) is 10.1 Å². The van der Waals surface area contributed by atoms with Crippen LogP contribution in [-0.4, -0.2) is 52.9 Å². The van der Waals surface area contributed by atoms with E-state index in [0.717, 1.165) is 9.13 Å². The zero-order valence-corrected chi connectivity index (χ0v) is 18.0. The lowest BCUT2D eigenvalue weighted by Gasteiger charge is -2.39. The van der Waals surface area contributed by atoms with E-state index >= 15 is 0 Å². The molecule has 1 aliphatic rings. The van der Waals surface area contributed by atoms with Crippen molar-refractivity contribution in [2.45, 2.75) is 19.5 Å². The van der Waals surface area contributed by atoms with Gasteiger partial charge in [-0.15, -0.1) is 0 Å². The van der Waals surface area contributed by atoms with E-state index in [1.54, 1.807) is 23.1 Å².